The summed E-state index contributed by atoms with van der Waals surface area (Å²) in [6.45, 7) is 9.16. The topological polar surface area (TPSA) is 138 Å². The van der Waals surface area contributed by atoms with E-state index in [1.54, 1.807) is 24.2 Å². The van der Waals surface area contributed by atoms with E-state index in [0.29, 0.717) is 49.2 Å². The first-order valence-electron chi connectivity index (χ1n) is 17.2. The second-order valence-electron chi connectivity index (χ2n) is 14.4. The highest BCUT2D eigenvalue weighted by atomic mass is 19.4. The van der Waals surface area contributed by atoms with Crippen LogP contribution in [-0.4, -0.2) is 95.1 Å². The summed E-state index contributed by atoms with van der Waals surface area (Å²) in [4.78, 5) is 49.5. The second kappa shape index (κ2) is 14.4. The van der Waals surface area contributed by atoms with Gasteiger partial charge in [-0.1, -0.05) is 6.42 Å². The van der Waals surface area contributed by atoms with E-state index < -0.39 is 17.7 Å². The van der Waals surface area contributed by atoms with Gasteiger partial charge >= 0.3 is 12.5 Å². The Balaban J connectivity index is 1.23. The molecule has 0 bridgehead atoms. The molecule has 3 aromatic heterocycles. The van der Waals surface area contributed by atoms with E-state index >= 15 is 0 Å². The number of amides is 2. The van der Waals surface area contributed by atoms with Gasteiger partial charge in [0.25, 0.3) is 0 Å². The maximum absolute atomic E-state index is 12.9. The molecular weight excluding hydrogens is 667 g/mol. The molecule has 1 aliphatic carbocycles. The van der Waals surface area contributed by atoms with Crippen LogP contribution in [0.3, 0.4) is 0 Å². The highest BCUT2D eigenvalue weighted by molar-refractivity contribution is 5.78. The number of carbonyl (C=O) groups is 2. The fourth-order valence-electron chi connectivity index (χ4n) is 7.13. The largest absolute Gasteiger partial charge is 0.573 e. The Kier molecular flexibility index (Phi) is 10.1. The number of hydrogen-bond acceptors (Lipinski definition) is 11. The monoisotopic (exact) mass is 711 g/mol. The van der Waals surface area contributed by atoms with Crippen LogP contribution < -0.4 is 25.2 Å². The highest BCUT2D eigenvalue weighted by Crippen LogP contribution is 2.47. The lowest BCUT2D eigenvalue weighted by Crippen LogP contribution is -2.50. The Morgan fingerprint density at radius 1 is 0.922 bits per heavy atom. The van der Waals surface area contributed by atoms with Gasteiger partial charge in [-0.3, -0.25) is 4.79 Å². The fourth-order valence-corrected chi connectivity index (χ4v) is 7.13. The maximum Gasteiger partial charge on any atom is 0.573 e. The van der Waals surface area contributed by atoms with E-state index in [1.807, 2.05) is 32.9 Å². The maximum atomic E-state index is 12.9. The van der Waals surface area contributed by atoms with Gasteiger partial charge in [0.2, 0.25) is 5.91 Å². The van der Waals surface area contributed by atoms with Crippen molar-refractivity contribution in [1.29, 1.82) is 0 Å². The minimum atomic E-state index is -4.85. The van der Waals surface area contributed by atoms with Crippen molar-refractivity contribution in [1.82, 2.24) is 30.2 Å². The molecule has 3 aromatic rings. The molecule has 3 aliphatic rings. The molecule has 2 N–H and O–H groups in total. The van der Waals surface area contributed by atoms with Gasteiger partial charge in [-0.2, -0.15) is 0 Å². The summed E-state index contributed by atoms with van der Waals surface area (Å²) in [5.74, 6) is 1.85. The van der Waals surface area contributed by atoms with Gasteiger partial charge in [0.05, 0.1) is 0 Å². The van der Waals surface area contributed by atoms with E-state index in [9.17, 15) is 22.8 Å². The first-order valence-corrected chi connectivity index (χ1v) is 17.2. The fraction of sp³-hybridized carbons (Fsp3) is 0.543. The number of halogens is 3. The molecule has 2 saturated heterocycles. The molecule has 6 rings (SSSR count). The lowest BCUT2D eigenvalue weighted by Gasteiger charge is -2.37. The first-order chi connectivity index (χ1) is 24.2. The number of anilines is 4. The molecule has 0 radical (unpaired) electrons. The number of nitrogens with zero attached hydrogens (tertiary/aromatic N) is 7. The van der Waals surface area contributed by atoms with Crippen LogP contribution in [0.5, 0.6) is 5.75 Å². The van der Waals surface area contributed by atoms with Crippen LogP contribution in [0, 0.1) is 11.3 Å². The number of ether oxygens (including phenoxy) is 2. The molecule has 13 nitrogen and oxygen atoms in total. The second-order valence-corrected chi connectivity index (χ2v) is 14.4. The van der Waals surface area contributed by atoms with E-state index in [0.717, 1.165) is 63.1 Å². The summed E-state index contributed by atoms with van der Waals surface area (Å²) in [5.41, 5.74) is 0.0597. The summed E-state index contributed by atoms with van der Waals surface area (Å²) in [6, 6.07) is 7.79. The third-order valence-corrected chi connectivity index (χ3v) is 9.51. The molecule has 2 amide bonds. The summed E-state index contributed by atoms with van der Waals surface area (Å²) < 4.78 is 48.3. The van der Waals surface area contributed by atoms with Crippen LogP contribution in [0.15, 0.2) is 42.7 Å². The van der Waals surface area contributed by atoms with Gasteiger partial charge < -0.3 is 34.8 Å². The molecule has 1 saturated carbocycles. The van der Waals surface area contributed by atoms with Crippen LogP contribution >= 0.6 is 0 Å². The molecule has 2 unspecified atom stereocenters. The number of aromatic nitrogens is 4. The summed E-state index contributed by atoms with van der Waals surface area (Å²) in [6.07, 6.45) is 2.32. The Hall–Kier alpha value is -4.89. The van der Waals surface area contributed by atoms with Crippen LogP contribution in [-0.2, 0) is 9.53 Å². The van der Waals surface area contributed by atoms with Crippen LogP contribution in [0.1, 0.15) is 52.9 Å². The average molecular weight is 712 g/mol. The van der Waals surface area contributed by atoms with Crippen molar-refractivity contribution in [2.24, 2.45) is 11.3 Å². The van der Waals surface area contributed by atoms with Crippen molar-refractivity contribution in [3.63, 3.8) is 0 Å². The Morgan fingerprint density at radius 3 is 2.39 bits per heavy atom. The number of pyridine rings is 2. The van der Waals surface area contributed by atoms with E-state index in [-0.39, 0.29) is 29.2 Å². The van der Waals surface area contributed by atoms with Crippen LogP contribution in [0.2, 0.25) is 0 Å². The quantitative estimate of drug-likeness (QED) is 0.309. The van der Waals surface area contributed by atoms with Gasteiger partial charge in [0.1, 0.15) is 34.6 Å². The minimum Gasteiger partial charge on any atom is -0.444 e. The smallest absolute Gasteiger partial charge is 0.444 e. The van der Waals surface area contributed by atoms with Gasteiger partial charge in [-0.05, 0) is 70.1 Å². The van der Waals surface area contributed by atoms with Gasteiger partial charge in [0.15, 0.2) is 5.82 Å². The van der Waals surface area contributed by atoms with E-state index in [1.165, 1.54) is 6.20 Å². The lowest BCUT2D eigenvalue weighted by atomic mass is 9.69. The molecule has 0 aromatic carbocycles. The van der Waals surface area contributed by atoms with Crippen molar-refractivity contribution in [3.05, 3.63) is 42.7 Å². The standard InChI is InChI=1S/C35H44F3N9O4/c1-33(2,3)51-32(49)46-16-14-45(15-17-46)28-8-7-24(21-41-28)30-43-27(42-26-18-25(9-12-40-26)50-35(36,37)38)19-29(44-30)47-13-11-34(22-47)10-5-6-23(20-34)31(48)39-4/h7-9,12,18-19,21,23H,5-6,10-11,13-17,20,22H2,1-4H3,(H,39,48)(H,40,42,43,44). The zero-order valence-corrected chi connectivity index (χ0v) is 29.3. The van der Waals surface area contributed by atoms with Gasteiger partial charge in [-0.25, -0.2) is 24.7 Å². The zero-order valence-electron chi connectivity index (χ0n) is 29.3. The predicted molar refractivity (Wildman–Crippen MR) is 185 cm³/mol. The van der Waals surface area contributed by atoms with Crippen molar-refractivity contribution < 1.29 is 32.2 Å². The Labute approximate surface area is 294 Å². The van der Waals surface area contributed by atoms with Crippen LogP contribution in [0.25, 0.3) is 11.4 Å². The number of hydrogen-bond donors (Lipinski definition) is 2. The molecule has 51 heavy (non-hydrogen) atoms. The average Bonchev–Trinajstić information content (AvgIpc) is 3.49. The molecule has 1 spiro atoms. The van der Waals surface area contributed by atoms with Gasteiger partial charge in [-0.15, -0.1) is 13.2 Å². The Morgan fingerprint density at radius 2 is 1.71 bits per heavy atom. The van der Waals surface area contributed by atoms with Crippen molar-refractivity contribution in [2.75, 3.05) is 61.4 Å². The van der Waals surface area contributed by atoms with Crippen molar-refractivity contribution in [3.8, 4) is 17.1 Å². The lowest BCUT2D eigenvalue weighted by molar-refractivity contribution is -0.274. The molecule has 274 valence electrons. The molecule has 2 atom stereocenters. The SMILES string of the molecule is CNC(=O)C1CCCC2(CCN(c3cc(Nc4cc(OC(F)(F)F)ccn4)nc(-c4ccc(N5CCN(C(=O)OC(C)(C)C)CC5)nc4)n3)C2)C1. The third-order valence-electron chi connectivity index (χ3n) is 9.51. The third kappa shape index (κ3) is 9.08. The Bertz CT molecular complexity index is 1710. The van der Waals surface area contributed by atoms with Crippen LogP contribution in [0.4, 0.5) is 41.2 Å². The van der Waals surface area contributed by atoms with Crippen molar-refractivity contribution >= 4 is 35.3 Å². The first kappa shape index (κ1) is 35.9. The number of alkyl halides is 3. The minimum absolute atomic E-state index is 0.0182. The summed E-state index contributed by atoms with van der Waals surface area (Å²) in [7, 11) is 1.68. The van der Waals surface area contributed by atoms with E-state index in [4.69, 9.17) is 19.7 Å². The number of nitrogens with one attached hydrogen (secondary N) is 2. The summed E-state index contributed by atoms with van der Waals surface area (Å²) >= 11 is 0. The number of rotatable bonds is 7. The number of piperazine rings is 1. The zero-order chi connectivity index (χ0) is 36.4. The molecule has 3 fully saturated rings. The van der Waals surface area contributed by atoms with E-state index in [2.05, 4.69) is 30.2 Å². The number of carbonyl (C=O) groups excluding carboxylic acids is 2. The predicted octanol–water partition coefficient (Wildman–Crippen LogP) is 5.77. The molecule has 5 heterocycles. The molecule has 16 heteroatoms. The normalized spacial score (nSPS) is 21.1. The van der Waals surface area contributed by atoms with Gasteiger partial charge in [0, 0.05) is 82.3 Å². The molecule has 2 aliphatic heterocycles. The molecular formula is C35H44F3N9O4. The van der Waals surface area contributed by atoms with Crippen molar-refractivity contribution in [2.45, 2.75) is 64.8 Å². The highest BCUT2D eigenvalue weighted by Gasteiger charge is 2.44. The summed E-state index contributed by atoms with van der Waals surface area (Å²) in [5, 5.41) is 5.84.